The summed E-state index contributed by atoms with van der Waals surface area (Å²) >= 11 is 0. The monoisotopic (exact) mass is 329 g/mol. The smallest absolute Gasteiger partial charge is 0.322 e. The molecule has 1 N–H and O–H groups in total. The lowest BCUT2D eigenvalue weighted by Gasteiger charge is -2.22. The number of carboxylic acids is 1. The van der Waals surface area contributed by atoms with Crippen molar-refractivity contribution in [3.63, 3.8) is 0 Å². The molecule has 3 heterocycles. The molecule has 2 fully saturated rings. The van der Waals surface area contributed by atoms with Gasteiger partial charge in [0.1, 0.15) is 10.9 Å². The predicted octanol–water partition coefficient (Wildman–Crippen LogP) is 0.472. The normalized spacial score (nSPS) is 24.6. The second kappa shape index (κ2) is 5.98. The van der Waals surface area contributed by atoms with Gasteiger partial charge in [0.05, 0.1) is 12.2 Å². The highest BCUT2D eigenvalue weighted by atomic mass is 32.2. The first-order valence-corrected chi connectivity index (χ1v) is 8.80. The Labute approximate surface area is 128 Å². The molecule has 3 rings (SSSR count). The first-order valence-electron chi connectivity index (χ1n) is 7.36. The molecule has 0 aromatic carbocycles. The Morgan fingerprint density at radius 3 is 2.73 bits per heavy atom. The van der Waals surface area contributed by atoms with Crippen molar-refractivity contribution in [3.8, 4) is 0 Å². The lowest BCUT2D eigenvalue weighted by Crippen LogP contribution is -2.40. The van der Waals surface area contributed by atoms with E-state index in [0.29, 0.717) is 26.1 Å². The number of aromatic nitrogens is 2. The summed E-state index contributed by atoms with van der Waals surface area (Å²) in [6.07, 6.45) is 5.31. The average Bonchev–Trinajstić information content (AvgIpc) is 3.18. The van der Waals surface area contributed by atoms with E-state index < -0.39 is 22.0 Å². The molecule has 22 heavy (non-hydrogen) atoms. The van der Waals surface area contributed by atoms with Crippen LogP contribution in [0.5, 0.6) is 0 Å². The maximum Gasteiger partial charge on any atom is 0.322 e. The first kappa shape index (κ1) is 15.4. The molecule has 0 saturated carbocycles. The summed E-state index contributed by atoms with van der Waals surface area (Å²) in [6.45, 7) is 1.52. The van der Waals surface area contributed by atoms with Crippen molar-refractivity contribution in [1.82, 2.24) is 14.1 Å². The quantitative estimate of drug-likeness (QED) is 0.862. The largest absolute Gasteiger partial charge is 0.480 e. The molecule has 1 atom stereocenters. The van der Waals surface area contributed by atoms with E-state index in [4.69, 9.17) is 9.84 Å². The number of nitrogens with zero attached hydrogens (tertiary/aromatic N) is 3. The van der Waals surface area contributed by atoms with E-state index in [1.54, 1.807) is 4.68 Å². The molecule has 2 aliphatic rings. The highest BCUT2D eigenvalue weighted by Gasteiger charge is 2.40. The number of ether oxygens (including phenoxy) is 1. The summed E-state index contributed by atoms with van der Waals surface area (Å²) in [5.74, 6) is -1.10. The third-order valence-corrected chi connectivity index (χ3v) is 6.10. The molecule has 1 aromatic rings. The average molecular weight is 329 g/mol. The molecule has 0 radical (unpaired) electrons. The van der Waals surface area contributed by atoms with Gasteiger partial charge in [-0.15, -0.1) is 0 Å². The zero-order valence-electron chi connectivity index (χ0n) is 12.1. The molecule has 2 saturated heterocycles. The SMILES string of the molecule is O=C(O)[C@@H]1CCCN1S(=O)(=O)c1cnn(C2CCOCC2)c1. The van der Waals surface area contributed by atoms with Crippen molar-refractivity contribution in [2.75, 3.05) is 19.8 Å². The van der Waals surface area contributed by atoms with E-state index in [1.165, 1.54) is 12.4 Å². The van der Waals surface area contributed by atoms with E-state index in [2.05, 4.69) is 5.10 Å². The zero-order chi connectivity index (χ0) is 15.7. The lowest BCUT2D eigenvalue weighted by atomic mass is 10.1. The molecular weight excluding hydrogens is 310 g/mol. The Morgan fingerprint density at radius 1 is 1.32 bits per heavy atom. The van der Waals surface area contributed by atoms with Gasteiger partial charge in [-0.25, -0.2) is 8.42 Å². The molecule has 0 unspecified atom stereocenters. The lowest BCUT2D eigenvalue weighted by molar-refractivity contribution is -0.140. The number of aliphatic carboxylic acids is 1. The molecule has 0 amide bonds. The minimum atomic E-state index is -3.81. The van der Waals surface area contributed by atoms with Crippen LogP contribution in [0.15, 0.2) is 17.3 Å². The van der Waals surface area contributed by atoms with Gasteiger partial charge in [0.2, 0.25) is 10.0 Å². The van der Waals surface area contributed by atoms with Crippen molar-refractivity contribution in [3.05, 3.63) is 12.4 Å². The van der Waals surface area contributed by atoms with Crippen molar-refractivity contribution in [2.45, 2.75) is 42.7 Å². The van der Waals surface area contributed by atoms with Crippen molar-refractivity contribution in [1.29, 1.82) is 0 Å². The van der Waals surface area contributed by atoms with Gasteiger partial charge in [0, 0.05) is 26.0 Å². The van der Waals surface area contributed by atoms with E-state index in [1.807, 2.05) is 0 Å². The van der Waals surface area contributed by atoms with Crippen LogP contribution in [0.25, 0.3) is 0 Å². The number of rotatable bonds is 4. The number of sulfonamides is 1. The molecule has 1 aromatic heterocycles. The second-order valence-corrected chi connectivity index (χ2v) is 7.50. The minimum absolute atomic E-state index is 0.0622. The summed E-state index contributed by atoms with van der Waals surface area (Å²) in [4.78, 5) is 11.3. The Balaban J connectivity index is 1.83. The third-order valence-electron chi connectivity index (χ3n) is 4.24. The highest BCUT2D eigenvalue weighted by molar-refractivity contribution is 7.89. The number of hydrogen-bond donors (Lipinski definition) is 1. The van der Waals surface area contributed by atoms with Crippen molar-refractivity contribution >= 4 is 16.0 Å². The summed E-state index contributed by atoms with van der Waals surface area (Å²) in [5.41, 5.74) is 0. The van der Waals surface area contributed by atoms with Crippen LogP contribution in [0.3, 0.4) is 0 Å². The van der Waals surface area contributed by atoms with Gasteiger partial charge in [-0.1, -0.05) is 0 Å². The van der Waals surface area contributed by atoms with Crippen LogP contribution < -0.4 is 0 Å². The molecule has 0 spiro atoms. The van der Waals surface area contributed by atoms with Gasteiger partial charge in [-0.2, -0.15) is 9.40 Å². The van der Waals surface area contributed by atoms with Gasteiger partial charge in [-0.3, -0.25) is 9.48 Å². The fraction of sp³-hybridized carbons (Fsp3) is 0.692. The number of hydrogen-bond acceptors (Lipinski definition) is 5. The van der Waals surface area contributed by atoms with Crippen LogP contribution in [-0.2, 0) is 19.6 Å². The second-order valence-electron chi connectivity index (χ2n) is 5.61. The van der Waals surface area contributed by atoms with Crippen LogP contribution in [-0.4, -0.2) is 59.4 Å². The van der Waals surface area contributed by atoms with E-state index >= 15 is 0 Å². The van der Waals surface area contributed by atoms with E-state index in [0.717, 1.165) is 17.1 Å². The predicted molar refractivity (Wildman–Crippen MR) is 75.9 cm³/mol. The summed E-state index contributed by atoms with van der Waals surface area (Å²) in [7, 11) is -3.81. The van der Waals surface area contributed by atoms with Crippen LogP contribution in [0.1, 0.15) is 31.7 Å². The highest BCUT2D eigenvalue weighted by Crippen LogP contribution is 2.27. The zero-order valence-corrected chi connectivity index (χ0v) is 12.9. The Kier molecular flexibility index (Phi) is 4.20. The third kappa shape index (κ3) is 2.75. The van der Waals surface area contributed by atoms with Crippen LogP contribution in [0, 0.1) is 0 Å². The number of carbonyl (C=O) groups is 1. The Bertz CT molecular complexity index is 650. The summed E-state index contributed by atoms with van der Waals surface area (Å²) < 4.78 is 33.3. The molecule has 0 bridgehead atoms. The minimum Gasteiger partial charge on any atom is -0.480 e. The molecule has 2 aliphatic heterocycles. The van der Waals surface area contributed by atoms with Gasteiger partial charge >= 0.3 is 5.97 Å². The van der Waals surface area contributed by atoms with E-state index in [9.17, 15) is 13.2 Å². The van der Waals surface area contributed by atoms with Gasteiger partial charge in [-0.05, 0) is 25.7 Å². The van der Waals surface area contributed by atoms with Crippen molar-refractivity contribution in [2.24, 2.45) is 0 Å². The van der Waals surface area contributed by atoms with Gasteiger partial charge in [0.15, 0.2) is 0 Å². The van der Waals surface area contributed by atoms with Gasteiger partial charge < -0.3 is 9.84 Å². The Hall–Kier alpha value is -1.45. The molecular formula is C13H19N3O5S. The maximum atomic E-state index is 12.6. The maximum absolute atomic E-state index is 12.6. The first-order chi connectivity index (χ1) is 10.5. The standard InChI is InChI=1S/C13H19N3O5S/c17-13(18)12-2-1-5-16(12)22(19,20)11-8-14-15(9-11)10-3-6-21-7-4-10/h8-10,12H,1-7H2,(H,17,18)/t12-/m0/s1. The topological polar surface area (TPSA) is 102 Å². The van der Waals surface area contributed by atoms with Crippen molar-refractivity contribution < 1.29 is 23.1 Å². The summed E-state index contributed by atoms with van der Waals surface area (Å²) in [5, 5.41) is 13.3. The van der Waals surface area contributed by atoms with Gasteiger partial charge in [0.25, 0.3) is 0 Å². The van der Waals surface area contributed by atoms with Crippen LogP contribution in [0.4, 0.5) is 0 Å². The Morgan fingerprint density at radius 2 is 2.05 bits per heavy atom. The van der Waals surface area contributed by atoms with Crippen LogP contribution in [0.2, 0.25) is 0 Å². The fourth-order valence-electron chi connectivity index (χ4n) is 3.01. The molecule has 122 valence electrons. The van der Waals surface area contributed by atoms with Crippen LogP contribution >= 0.6 is 0 Å². The molecule has 9 heteroatoms. The molecule has 0 aliphatic carbocycles. The van der Waals surface area contributed by atoms with E-state index in [-0.39, 0.29) is 17.5 Å². The molecule has 8 nitrogen and oxygen atoms in total. The fourth-order valence-corrected chi connectivity index (χ4v) is 4.61. The summed E-state index contributed by atoms with van der Waals surface area (Å²) in [6, 6.07) is -0.844. The number of carboxylic acid groups (broad SMARTS) is 1.